The Morgan fingerprint density at radius 2 is 1.85 bits per heavy atom. The van der Waals surface area contributed by atoms with E-state index in [2.05, 4.69) is 31.2 Å². The smallest absolute Gasteiger partial charge is 0.406 e. The first-order valence-electron chi connectivity index (χ1n) is 13.8. The predicted molar refractivity (Wildman–Crippen MR) is 163 cm³/mol. The van der Waals surface area contributed by atoms with Crippen molar-refractivity contribution in [3.8, 4) is 28.9 Å². The highest BCUT2D eigenvalue weighted by Gasteiger charge is 2.33. The lowest BCUT2D eigenvalue weighted by molar-refractivity contribution is -0.274. The molecule has 1 N–H and O–H groups in total. The minimum absolute atomic E-state index is 0.0568. The number of rotatable bonds is 8. The zero-order valence-electron chi connectivity index (χ0n) is 24.3. The molecule has 46 heavy (non-hydrogen) atoms. The molecule has 2 heterocycles. The predicted octanol–water partition coefficient (Wildman–Crippen LogP) is 6.55. The molecule has 15 heteroatoms. The van der Waals surface area contributed by atoms with E-state index in [9.17, 15) is 32.4 Å². The maximum absolute atomic E-state index is 13.9. The van der Waals surface area contributed by atoms with E-state index < -0.39 is 24.1 Å². The molecule has 3 aromatic carbocycles. The molecule has 4 aromatic rings. The molecule has 1 aliphatic rings. The molecule has 1 atom stereocenters. The van der Waals surface area contributed by atoms with Crippen molar-refractivity contribution in [2.24, 2.45) is 4.99 Å². The second-order valence-electron chi connectivity index (χ2n) is 10.3. The summed E-state index contributed by atoms with van der Waals surface area (Å²) in [7, 11) is 0. The Hall–Kier alpha value is -5.23. The van der Waals surface area contributed by atoms with Crippen molar-refractivity contribution in [1.29, 1.82) is 5.26 Å². The van der Waals surface area contributed by atoms with Gasteiger partial charge in [0.25, 0.3) is 0 Å². The molecule has 236 valence electrons. The van der Waals surface area contributed by atoms with Crippen LogP contribution in [0.15, 0.2) is 78.0 Å². The molecular formula is C31H25F4N7O3S. The summed E-state index contributed by atoms with van der Waals surface area (Å²) < 4.78 is 56.4. The van der Waals surface area contributed by atoms with Crippen LogP contribution >= 0.6 is 11.8 Å². The van der Waals surface area contributed by atoms with E-state index in [0.717, 1.165) is 11.8 Å². The van der Waals surface area contributed by atoms with Crippen molar-refractivity contribution < 1.29 is 31.9 Å². The van der Waals surface area contributed by atoms with Gasteiger partial charge in [-0.2, -0.15) is 10.3 Å². The Balaban J connectivity index is 1.23. The van der Waals surface area contributed by atoms with Crippen LogP contribution in [0.4, 0.5) is 28.0 Å². The third kappa shape index (κ3) is 7.52. The van der Waals surface area contributed by atoms with Gasteiger partial charge in [0.15, 0.2) is 11.0 Å². The number of nitrogens with zero attached hydrogens (tertiary/aromatic N) is 6. The van der Waals surface area contributed by atoms with Crippen molar-refractivity contribution in [2.45, 2.75) is 32.0 Å². The van der Waals surface area contributed by atoms with Gasteiger partial charge in [0.2, 0.25) is 5.91 Å². The number of nitriles is 1. The third-order valence-corrected chi connectivity index (χ3v) is 7.75. The number of carbonyl (C=O) groups excluding carboxylic acids is 2. The van der Waals surface area contributed by atoms with Gasteiger partial charge in [0.1, 0.15) is 17.9 Å². The fourth-order valence-corrected chi connectivity index (χ4v) is 5.47. The third-order valence-electron chi connectivity index (χ3n) is 6.83. The number of ether oxygens (including phenoxy) is 1. The molecule has 1 fully saturated rings. The Morgan fingerprint density at radius 3 is 2.50 bits per heavy atom. The molecule has 1 aliphatic heterocycles. The summed E-state index contributed by atoms with van der Waals surface area (Å²) in [4.78, 5) is 35.1. The number of aliphatic imine (C=N–C) groups is 1. The Labute approximate surface area is 264 Å². The summed E-state index contributed by atoms with van der Waals surface area (Å²) in [6, 6.07) is 17.5. The highest BCUT2D eigenvalue weighted by atomic mass is 32.2. The van der Waals surface area contributed by atoms with Crippen LogP contribution in [0.5, 0.6) is 5.75 Å². The van der Waals surface area contributed by atoms with Crippen LogP contribution in [0.25, 0.3) is 17.1 Å². The molecule has 10 nitrogen and oxygen atoms in total. The van der Waals surface area contributed by atoms with E-state index in [-0.39, 0.29) is 35.0 Å². The maximum atomic E-state index is 13.9. The number of aromatic nitrogens is 3. The second-order valence-corrected chi connectivity index (χ2v) is 11.3. The fourth-order valence-electron chi connectivity index (χ4n) is 4.61. The summed E-state index contributed by atoms with van der Waals surface area (Å²) in [5.74, 6) is -1.47. The van der Waals surface area contributed by atoms with Crippen molar-refractivity contribution in [2.75, 3.05) is 17.2 Å². The normalized spacial score (nSPS) is 14.9. The zero-order chi connectivity index (χ0) is 33.0. The first-order valence-corrected chi connectivity index (χ1v) is 14.8. The number of hydrogen-bond acceptors (Lipinski definition) is 7. The second kappa shape index (κ2) is 13.4. The molecule has 5 rings (SSSR count). The van der Waals surface area contributed by atoms with Crippen LogP contribution in [0.2, 0.25) is 0 Å². The van der Waals surface area contributed by atoms with E-state index in [1.54, 1.807) is 24.3 Å². The largest absolute Gasteiger partial charge is 0.573 e. The van der Waals surface area contributed by atoms with Gasteiger partial charge >= 0.3 is 12.4 Å². The van der Waals surface area contributed by atoms with Crippen LogP contribution in [-0.2, 0) is 4.79 Å². The number of hydrogen-bond donors (Lipinski definition) is 1. The van der Waals surface area contributed by atoms with Crippen molar-refractivity contribution in [3.63, 3.8) is 0 Å². The number of nitrogens with one attached hydrogen (secondary N) is 1. The average Bonchev–Trinajstić information content (AvgIpc) is 3.64. The highest BCUT2D eigenvalue weighted by Crippen LogP contribution is 2.34. The van der Waals surface area contributed by atoms with Gasteiger partial charge in [-0.05, 0) is 59.5 Å². The Bertz CT molecular complexity index is 1820. The zero-order valence-corrected chi connectivity index (χ0v) is 25.1. The molecule has 0 spiro atoms. The topological polar surface area (TPSA) is 126 Å². The number of alkyl halides is 3. The standard InChI is InChI=1S/C31H25F4N7O3S/c1-18(2)25-13-22(32)7-12-26(25)42-27(43)16-46-30(42)39-29(44)37-15-21(14-36)19-3-5-20(6-4-19)28-38-17-41(40-28)23-8-10-24(11-9-23)45-31(33,34)35/h3-13,17-18,21H,15-16H2,1-2H3,(H,37,44)/b39-30-. The molecular weight excluding hydrogens is 626 g/mol. The van der Waals surface area contributed by atoms with Crippen molar-refractivity contribution in [3.05, 3.63) is 90.0 Å². The molecule has 1 aromatic heterocycles. The molecule has 0 saturated carbocycles. The first kappa shape index (κ1) is 32.2. The van der Waals surface area contributed by atoms with E-state index in [0.29, 0.717) is 33.9 Å². The first-order chi connectivity index (χ1) is 21.9. The number of halogens is 4. The SMILES string of the molecule is CC(C)c1cc(F)ccc1N1C(=O)CS/C1=N\C(=O)NCC(C#N)c1ccc(-c2ncn(-c3ccc(OC(F)(F)F)cc3)n2)cc1. The number of amides is 3. The molecule has 0 aliphatic carbocycles. The number of anilines is 1. The monoisotopic (exact) mass is 651 g/mol. The van der Waals surface area contributed by atoms with Gasteiger partial charge in [-0.1, -0.05) is 49.9 Å². The number of thioether (sulfide) groups is 1. The average molecular weight is 652 g/mol. The summed E-state index contributed by atoms with van der Waals surface area (Å²) in [5.41, 5.74) is 2.76. The Morgan fingerprint density at radius 1 is 1.13 bits per heavy atom. The maximum Gasteiger partial charge on any atom is 0.573 e. The fraction of sp³-hybridized carbons (Fsp3) is 0.226. The van der Waals surface area contributed by atoms with Crippen molar-refractivity contribution >= 4 is 34.6 Å². The lowest BCUT2D eigenvalue weighted by atomic mass is 9.99. The van der Waals surface area contributed by atoms with Crippen LogP contribution in [0.3, 0.4) is 0 Å². The number of carbonyl (C=O) groups is 2. The molecule has 0 radical (unpaired) electrons. The number of urea groups is 1. The van der Waals surface area contributed by atoms with Gasteiger partial charge in [0, 0.05) is 12.1 Å². The van der Waals surface area contributed by atoms with E-state index in [1.807, 2.05) is 13.8 Å². The van der Waals surface area contributed by atoms with E-state index >= 15 is 0 Å². The summed E-state index contributed by atoms with van der Waals surface area (Å²) >= 11 is 1.09. The lowest BCUT2D eigenvalue weighted by Crippen LogP contribution is -2.33. The number of benzene rings is 3. The van der Waals surface area contributed by atoms with Gasteiger partial charge in [-0.15, -0.1) is 18.3 Å². The van der Waals surface area contributed by atoms with Crippen LogP contribution in [0, 0.1) is 17.1 Å². The van der Waals surface area contributed by atoms with E-state index in [4.69, 9.17) is 0 Å². The van der Waals surface area contributed by atoms with Gasteiger partial charge in [0.05, 0.1) is 29.1 Å². The molecule has 3 amide bonds. The van der Waals surface area contributed by atoms with E-state index in [1.165, 1.54) is 58.4 Å². The molecule has 1 saturated heterocycles. The minimum Gasteiger partial charge on any atom is -0.406 e. The van der Waals surface area contributed by atoms with Gasteiger partial charge in [-0.25, -0.2) is 18.9 Å². The lowest BCUT2D eigenvalue weighted by Gasteiger charge is -2.21. The highest BCUT2D eigenvalue weighted by molar-refractivity contribution is 8.15. The summed E-state index contributed by atoms with van der Waals surface area (Å²) in [6.07, 6.45) is -3.38. The van der Waals surface area contributed by atoms with Crippen LogP contribution in [-0.4, -0.2) is 50.5 Å². The van der Waals surface area contributed by atoms with Crippen molar-refractivity contribution in [1.82, 2.24) is 20.1 Å². The Kier molecular flexibility index (Phi) is 9.38. The van der Waals surface area contributed by atoms with Gasteiger partial charge < -0.3 is 10.1 Å². The van der Waals surface area contributed by atoms with Crippen LogP contribution < -0.4 is 15.0 Å². The number of amidine groups is 1. The molecule has 0 bridgehead atoms. The summed E-state index contributed by atoms with van der Waals surface area (Å²) in [5, 5.41) is 16.9. The van der Waals surface area contributed by atoms with Gasteiger partial charge in [-0.3, -0.25) is 9.69 Å². The summed E-state index contributed by atoms with van der Waals surface area (Å²) in [6.45, 7) is 3.69. The van der Waals surface area contributed by atoms with Crippen LogP contribution in [0.1, 0.15) is 36.8 Å². The minimum atomic E-state index is -4.79. The molecule has 1 unspecified atom stereocenters. The quantitative estimate of drug-likeness (QED) is 0.214.